The molecule has 0 aliphatic rings. The number of nitrogens with two attached hydrogens (primary N) is 1. The number of carbonyl (C=O) groups is 1. The van der Waals surface area contributed by atoms with Crippen LogP contribution in [-0.4, -0.2) is 12.3 Å². The van der Waals surface area contributed by atoms with Gasteiger partial charge in [-0.2, -0.15) is 0 Å². The molecular weight excluding hydrogens is 198 g/mol. The first kappa shape index (κ1) is 12.9. The van der Waals surface area contributed by atoms with Crippen LogP contribution in [0.3, 0.4) is 0 Å². The van der Waals surface area contributed by atoms with Crippen LogP contribution >= 0.6 is 0 Å². The van der Waals surface area contributed by atoms with Crippen LogP contribution in [0.4, 0.5) is 0 Å². The van der Waals surface area contributed by atoms with Crippen molar-refractivity contribution in [3.63, 3.8) is 0 Å². The van der Waals surface area contributed by atoms with Crippen LogP contribution in [-0.2, 0) is 6.42 Å². The molecule has 0 bridgehead atoms. The zero-order valence-electron chi connectivity index (χ0n) is 10.2. The van der Waals surface area contributed by atoms with E-state index in [2.05, 4.69) is 13.8 Å². The van der Waals surface area contributed by atoms with E-state index in [4.69, 9.17) is 5.73 Å². The van der Waals surface area contributed by atoms with Gasteiger partial charge in [-0.15, -0.1) is 0 Å². The minimum absolute atomic E-state index is 0.152. The van der Waals surface area contributed by atoms with Crippen molar-refractivity contribution in [2.45, 2.75) is 33.1 Å². The summed E-state index contributed by atoms with van der Waals surface area (Å²) in [5, 5.41) is 0. The molecule has 2 nitrogen and oxygen atoms in total. The normalized spacial score (nSPS) is 10.8. The summed E-state index contributed by atoms with van der Waals surface area (Å²) in [6.07, 6.45) is 2.60. The molecule has 0 amide bonds. The summed E-state index contributed by atoms with van der Waals surface area (Å²) < 4.78 is 0. The number of hydrogen-bond acceptors (Lipinski definition) is 2. The molecule has 0 aliphatic carbocycles. The highest BCUT2D eigenvalue weighted by Gasteiger charge is 2.18. The third-order valence-corrected chi connectivity index (χ3v) is 3.05. The van der Waals surface area contributed by atoms with Crippen LogP contribution in [0, 0.1) is 5.92 Å². The fraction of sp³-hybridized carbons (Fsp3) is 0.500. The lowest BCUT2D eigenvalue weighted by atomic mass is 9.90. The molecule has 1 aromatic rings. The number of carbonyl (C=O) groups excluding carboxylic acids is 1. The molecule has 0 unspecified atom stereocenters. The van der Waals surface area contributed by atoms with Gasteiger partial charge < -0.3 is 5.73 Å². The molecule has 0 spiro atoms. The summed E-state index contributed by atoms with van der Waals surface area (Å²) in [5.74, 6) is 0.424. The van der Waals surface area contributed by atoms with Crippen molar-refractivity contribution in [2.24, 2.45) is 11.7 Å². The molecule has 0 heterocycles. The first-order valence-electron chi connectivity index (χ1n) is 6.06. The van der Waals surface area contributed by atoms with Gasteiger partial charge in [-0.05, 0) is 31.4 Å². The van der Waals surface area contributed by atoms with Crippen LogP contribution < -0.4 is 5.73 Å². The van der Waals surface area contributed by atoms with Crippen molar-refractivity contribution < 1.29 is 4.79 Å². The van der Waals surface area contributed by atoms with Gasteiger partial charge in [0.05, 0.1) is 0 Å². The Morgan fingerprint density at radius 3 is 2.44 bits per heavy atom. The van der Waals surface area contributed by atoms with E-state index in [0.717, 1.165) is 30.4 Å². The molecule has 0 saturated carbocycles. The highest BCUT2D eigenvalue weighted by Crippen LogP contribution is 2.19. The first-order chi connectivity index (χ1) is 7.74. The summed E-state index contributed by atoms with van der Waals surface area (Å²) in [7, 11) is 0. The van der Waals surface area contributed by atoms with Gasteiger partial charge in [0.1, 0.15) is 0 Å². The highest BCUT2D eigenvalue weighted by molar-refractivity contribution is 5.99. The summed E-state index contributed by atoms with van der Waals surface area (Å²) >= 11 is 0. The van der Waals surface area contributed by atoms with Gasteiger partial charge in [0, 0.05) is 11.5 Å². The molecule has 0 aromatic heterocycles. The molecule has 0 radical (unpaired) electrons. The number of benzene rings is 1. The number of ketones is 1. The van der Waals surface area contributed by atoms with Gasteiger partial charge in [-0.1, -0.05) is 38.1 Å². The fourth-order valence-electron chi connectivity index (χ4n) is 2.01. The van der Waals surface area contributed by atoms with Crippen LogP contribution in [0.1, 0.15) is 42.6 Å². The topological polar surface area (TPSA) is 43.1 Å². The van der Waals surface area contributed by atoms with E-state index in [1.54, 1.807) is 0 Å². The average Bonchev–Trinajstić information content (AvgIpc) is 2.31. The van der Waals surface area contributed by atoms with E-state index >= 15 is 0 Å². The van der Waals surface area contributed by atoms with Crippen LogP contribution in [0.25, 0.3) is 0 Å². The fourth-order valence-corrected chi connectivity index (χ4v) is 2.01. The molecule has 1 rings (SSSR count). The molecule has 2 N–H and O–H groups in total. The van der Waals surface area contributed by atoms with Crippen molar-refractivity contribution >= 4 is 5.78 Å². The Labute approximate surface area is 97.9 Å². The van der Waals surface area contributed by atoms with Crippen molar-refractivity contribution in [1.82, 2.24) is 0 Å². The molecule has 0 atom stereocenters. The Morgan fingerprint density at radius 1 is 1.25 bits per heavy atom. The van der Waals surface area contributed by atoms with E-state index in [1.807, 2.05) is 24.3 Å². The molecule has 88 valence electrons. The van der Waals surface area contributed by atoms with Crippen molar-refractivity contribution in [3.8, 4) is 0 Å². The van der Waals surface area contributed by atoms with Gasteiger partial charge in [0.2, 0.25) is 0 Å². The maximum absolute atomic E-state index is 12.3. The lowest BCUT2D eigenvalue weighted by molar-refractivity contribution is 0.0912. The van der Waals surface area contributed by atoms with Crippen molar-refractivity contribution in [3.05, 3.63) is 35.4 Å². The second-order valence-corrected chi connectivity index (χ2v) is 4.07. The molecule has 0 fully saturated rings. The van der Waals surface area contributed by atoms with Crippen LogP contribution in [0.5, 0.6) is 0 Å². The predicted octanol–water partition coefficient (Wildman–Crippen LogP) is 2.81. The Morgan fingerprint density at radius 2 is 1.88 bits per heavy atom. The van der Waals surface area contributed by atoms with Crippen LogP contribution in [0.2, 0.25) is 0 Å². The van der Waals surface area contributed by atoms with Crippen molar-refractivity contribution in [2.75, 3.05) is 6.54 Å². The maximum atomic E-state index is 12.3. The first-order valence-corrected chi connectivity index (χ1v) is 6.06. The number of hydrogen-bond donors (Lipinski definition) is 1. The highest BCUT2D eigenvalue weighted by atomic mass is 16.1. The minimum Gasteiger partial charge on any atom is -0.330 e. The summed E-state index contributed by atoms with van der Waals surface area (Å²) in [4.78, 5) is 12.3. The van der Waals surface area contributed by atoms with E-state index in [0.29, 0.717) is 6.54 Å². The van der Waals surface area contributed by atoms with Gasteiger partial charge in [-0.25, -0.2) is 0 Å². The molecule has 0 saturated heterocycles. The molecule has 2 heteroatoms. The number of rotatable bonds is 6. The molecule has 0 aliphatic heterocycles. The van der Waals surface area contributed by atoms with E-state index in [9.17, 15) is 4.79 Å². The van der Waals surface area contributed by atoms with E-state index < -0.39 is 0 Å². The summed E-state index contributed by atoms with van der Waals surface area (Å²) in [5.41, 5.74) is 7.51. The van der Waals surface area contributed by atoms with Gasteiger partial charge in [0.15, 0.2) is 5.78 Å². The minimum atomic E-state index is 0.152. The largest absolute Gasteiger partial charge is 0.330 e. The third-order valence-electron chi connectivity index (χ3n) is 3.05. The van der Waals surface area contributed by atoms with Gasteiger partial charge in [0.25, 0.3) is 0 Å². The Bertz CT molecular complexity index is 342. The van der Waals surface area contributed by atoms with E-state index in [-0.39, 0.29) is 11.7 Å². The smallest absolute Gasteiger partial charge is 0.166 e. The maximum Gasteiger partial charge on any atom is 0.166 e. The SMILES string of the molecule is CCC(CC)C(=O)c1ccccc1CCN. The number of Topliss-reactive ketones (excluding diaryl/α,β-unsaturated/α-hetero) is 1. The third kappa shape index (κ3) is 2.92. The summed E-state index contributed by atoms with van der Waals surface area (Å²) in [6, 6.07) is 7.82. The Balaban J connectivity index is 2.97. The molecule has 16 heavy (non-hydrogen) atoms. The Hall–Kier alpha value is -1.15. The lowest BCUT2D eigenvalue weighted by Gasteiger charge is -2.14. The monoisotopic (exact) mass is 219 g/mol. The van der Waals surface area contributed by atoms with Crippen molar-refractivity contribution in [1.29, 1.82) is 0 Å². The predicted molar refractivity (Wildman–Crippen MR) is 67.6 cm³/mol. The van der Waals surface area contributed by atoms with E-state index in [1.165, 1.54) is 0 Å². The lowest BCUT2D eigenvalue weighted by Crippen LogP contribution is -2.16. The average molecular weight is 219 g/mol. The standard InChI is InChI=1S/C14H21NO/c1-3-11(4-2)14(16)13-8-6-5-7-12(13)9-10-15/h5-8,11H,3-4,9-10,15H2,1-2H3. The second kappa shape index (κ2) is 6.44. The van der Waals surface area contributed by atoms with Gasteiger partial charge >= 0.3 is 0 Å². The molecule has 1 aromatic carbocycles. The Kier molecular flexibility index (Phi) is 5.20. The second-order valence-electron chi connectivity index (χ2n) is 4.07. The zero-order valence-corrected chi connectivity index (χ0v) is 10.2. The van der Waals surface area contributed by atoms with Gasteiger partial charge in [-0.3, -0.25) is 4.79 Å². The summed E-state index contributed by atoms with van der Waals surface area (Å²) in [6.45, 7) is 4.72. The zero-order chi connectivity index (χ0) is 12.0. The molecular formula is C14H21NO. The van der Waals surface area contributed by atoms with Crippen LogP contribution in [0.15, 0.2) is 24.3 Å². The quantitative estimate of drug-likeness (QED) is 0.748.